The second-order valence-corrected chi connectivity index (χ2v) is 17.8. The van der Waals surface area contributed by atoms with Crippen molar-refractivity contribution < 1.29 is 28.4 Å². The Labute approximate surface area is 342 Å². The summed E-state index contributed by atoms with van der Waals surface area (Å²) in [5.41, 5.74) is 2.00. The quantitative estimate of drug-likeness (QED) is 0.0963. The number of hydrogen-bond donors (Lipinski definition) is 0. The molecule has 0 radical (unpaired) electrons. The van der Waals surface area contributed by atoms with Gasteiger partial charge in [0.05, 0.1) is 28.4 Å². The molecule has 0 fully saturated rings. The van der Waals surface area contributed by atoms with Gasteiger partial charge in [0.1, 0.15) is 47.2 Å². The Morgan fingerprint density at radius 3 is 0.914 bits per heavy atom. The molecule has 0 aliphatic carbocycles. The summed E-state index contributed by atoms with van der Waals surface area (Å²) in [4.78, 5) is 0. The summed E-state index contributed by atoms with van der Waals surface area (Å²) in [6, 6.07) is 58.8. The van der Waals surface area contributed by atoms with E-state index >= 15 is 0 Å². The van der Waals surface area contributed by atoms with Crippen molar-refractivity contribution >= 4 is 58.6 Å². The van der Waals surface area contributed by atoms with Crippen molar-refractivity contribution in [2.24, 2.45) is 0 Å². The van der Waals surface area contributed by atoms with Gasteiger partial charge in [-0.15, -0.1) is 0 Å². The molecule has 0 N–H and O–H groups in total. The summed E-state index contributed by atoms with van der Waals surface area (Å²) < 4.78 is 36.2. The Morgan fingerprint density at radius 2 is 0.621 bits per heavy atom. The number of ether oxygens (including phenoxy) is 6. The van der Waals surface area contributed by atoms with Crippen LogP contribution in [0.25, 0.3) is 32.7 Å². The molecule has 0 bridgehead atoms. The zero-order chi connectivity index (χ0) is 39.8. The molecule has 0 aromatic heterocycles. The van der Waals surface area contributed by atoms with Gasteiger partial charge in [-0.25, -0.2) is 0 Å². The van der Waals surface area contributed by atoms with E-state index in [1.165, 1.54) is 21.2 Å². The maximum Gasteiger partial charge on any atom is 0.128 e. The molecule has 0 spiro atoms. The number of rotatable bonds is 15. The molecular formula is C50H44O6P2. The van der Waals surface area contributed by atoms with Gasteiger partial charge in [-0.2, -0.15) is 0 Å². The van der Waals surface area contributed by atoms with Crippen LogP contribution in [0, 0.1) is 0 Å². The van der Waals surface area contributed by atoms with Crippen LogP contribution >= 0.6 is 15.8 Å². The summed E-state index contributed by atoms with van der Waals surface area (Å²) in [5, 5.41) is 9.15. The van der Waals surface area contributed by atoms with Crippen molar-refractivity contribution in [1.82, 2.24) is 0 Å². The molecule has 0 heterocycles. The van der Waals surface area contributed by atoms with Crippen molar-refractivity contribution in [2.45, 2.75) is 0 Å². The molecule has 8 rings (SSSR count). The lowest BCUT2D eigenvalue weighted by molar-refractivity contribution is 0.386. The zero-order valence-electron chi connectivity index (χ0n) is 32.9. The van der Waals surface area contributed by atoms with E-state index in [2.05, 4.69) is 121 Å². The minimum atomic E-state index is -0.930. The molecule has 0 saturated heterocycles. The molecule has 0 aliphatic rings. The molecule has 6 nitrogen and oxygen atoms in total. The Kier molecular flexibility index (Phi) is 12.1. The highest BCUT2D eigenvalue weighted by molar-refractivity contribution is 7.73. The normalized spacial score (nSPS) is 11.2. The van der Waals surface area contributed by atoms with Gasteiger partial charge in [0, 0.05) is 11.1 Å². The molecular weight excluding hydrogens is 758 g/mol. The molecule has 0 saturated carbocycles. The van der Waals surface area contributed by atoms with Gasteiger partial charge in [0.25, 0.3) is 0 Å². The minimum absolute atomic E-state index is 0.459. The molecule has 0 atom stereocenters. The fraction of sp³-hybridized carbons (Fsp3) is 0.120. The van der Waals surface area contributed by atoms with Gasteiger partial charge in [0.15, 0.2) is 0 Å². The van der Waals surface area contributed by atoms with Gasteiger partial charge in [0.2, 0.25) is 0 Å². The average molecular weight is 803 g/mol. The van der Waals surface area contributed by atoms with E-state index in [1.807, 2.05) is 48.5 Å². The zero-order valence-corrected chi connectivity index (χ0v) is 34.7. The molecule has 0 amide bonds. The van der Waals surface area contributed by atoms with E-state index in [0.717, 1.165) is 67.2 Å². The maximum atomic E-state index is 7.09. The number of hydrogen-bond acceptors (Lipinski definition) is 6. The first-order valence-corrected chi connectivity index (χ1v) is 22.0. The summed E-state index contributed by atoms with van der Waals surface area (Å²) in [7, 11) is 4.90. The lowest BCUT2D eigenvalue weighted by Gasteiger charge is -2.24. The van der Waals surface area contributed by atoms with E-state index in [4.69, 9.17) is 28.4 Å². The van der Waals surface area contributed by atoms with E-state index in [1.54, 1.807) is 28.4 Å². The van der Waals surface area contributed by atoms with Crippen LogP contribution < -0.4 is 49.6 Å². The topological polar surface area (TPSA) is 55.4 Å². The van der Waals surface area contributed by atoms with Crippen LogP contribution in [0.4, 0.5) is 0 Å². The average Bonchev–Trinajstić information content (AvgIpc) is 3.29. The van der Waals surface area contributed by atoms with Gasteiger partial charge in [-0.1, -0.05) is 109 Å². The highest BCUT2D eigenvalue weighted by atomic mass is 31.1. The van der Waals surface area contributed by atoms with E-state index in [0.29, 0.717) is 12.7 Å². The summed E-state index contributed by atoms with van der Waals surface area (Å²) in [5.74, 6) is 4.85. The molecule has 8 heteroatoms. The van der Waals surface area contributed by atoms with E-state index in [-0.39, 0.29) is 0 Å². The largest absolute Gasteiger partial charge is 0.497 e. The van der Waals surface area contributed by atoms with Gasteiger partial charge in [-0.3, -0.25) is 0 Å². The van der Waals surface area contributed by atoms with Crippen LogP contribution in [-0.2, 0) is 0 Å². The fourth-order valence-corrected chi connectivity index (χ4v) is 10.9. The first kappa shape index (κ1) is 38.8. The molecule has 58 heavy (non-hydrogen) atoms. The smallest absolute Gasteiger partial charge is 0.128 e. The lowest BCUT2D eigenvalue weighted by Crippen LogP contribution is -2.17. The van der Waals surface area contributed by atoms with Crippen molar-refractivity contribution in [3.63, 3.8) is 0 Å². The summed E-state index contributed by atoms with van der Waals surface area (Å²) >= 11 is 0. The molecule has 8 aromatic rings. The van der Waals surface area contributed by atoms with Crippen molar-refractivity contribution in [2.75, 3.05) is 41.1 Å². The Balaban J connectivity index is 1.23. The second-order valence-electron chi connectivity index (χ2n) is 13.5. The maximum absolute atomic E-state index is 7.09. The van der Waals surface area contributed by atoms with Crippen LogP contribution in [-0.4, -0.2) is 41.1 Å². The molecule has 0 aliphatic heterocycles. The van der Waals surface area contributed by atoms with E-state index in [9.17, 15) is 0 Å². The van der Waals surface area contributed by atoms with Crippen LogP contribution in [0.1, 0.15) is 0 Å². The van der Waals surface area contributed by atoms with Crippen molar-refractivity contribution in [1.29, 1.82) is 0 Å². The van der Waals surface area contributed by atoms with Gasteiger partial charge < -0.3 is 28.4 Å². The highest BCUT2D eigenvalue weighted by Crippen LogP contribution is 2.48. The lowest BCUT2D eigenvalue weighted by atomic mass is 9.92. The van der Waals surface area contributed by atoms with E-state index < -0.39 is 15.8 Å². The minimum Gasteiger partial charge on any atom is -0.497 e. The second kappa shape index (κ2) is 18.0. The third-order valence-electron chi connectivity index (χ3n) is 10.3. The Hall–Kier alpha value is -6.06. The molecule has 0 unspecified atom stereocenters. The summed E-state index contributed by atoms with van der Waals surface area (Å²) in [6.45, 7) is 0. The summed E-state index contributed by atoms with van der Waals surface area (Å²) in [6.07, 6.45) is 0.918. The monoisotopic (exact) mass is 802 g/mol. The van der Waals surface area contributed by atoms with Gasteiger partial charge in [-0.05, 0) is 119 Å². The number of methoxy groups -OCH3 is 4. The number of fused-ring (bicyclic) bond motifs is 2. The van der Waals surface area contributed by atoms with Crippen LogP contribution in [0.15, 0.2) is 170 Å². The SMILES string of the molecule is COc1ccc(P(COc2ccc3ccccc3c2-c2c(OCP(c3ccc(OC)cc3)c3ccc(OC)cc3)ccc3ccccc23)c2ccc(OC)cc2)cc1. The first-order valence-electron chi connectivity index (χ1n) is 19.0. The standard InChI is InChI=1S/C50H44O6P2/c1-51-37-15-23-41(24-16-37)57(42-25-17-38(52-2)18-26-42)33-55-47-31-13-35-9-5-7-11-45(35)49(47)50-46-12-8-6-10-36(46)14-32-48(50)56-34-58(43-27-19-39(53-3)20-28-43)44-29-21-40(54-4)22-30-44/h5-32H,33-34H2,1-4H3. The third kappa shape index (κ3) is 8.31. The molecule has 8 aromatic carbocycles. The van der Waals surface area contributed by atoms with Gasteiger partial charge >= 0.3 is 0 Å². The van der Waals surface area contributed by atoms with Crippen molar-refractivity contribution in [3.8, 4) is 45.6 Å². The Morgan fingerprint density at radius 1 is 0.328 bits per heavy atom. The predicted octanol–water partition coefficient (Wildman–Crippen LogP) is 10.6. The first-order chi connectivity index (χ1) is 28.6. The third-order valence-corrected chi connectivity index (χ3v) is 14.7. The predicted molar refractivity (Wildman–Crippen MR) is 242 cm³/mol. The van der Waals surface area contributed by atoms with Crippen molar-refractivity contribution in [3.05, 3.63) is 170 Å². The number of benzene rings is 8. The van der Waals surface area contributed by atoms with Crippen LogP contribution in [0.3, 0.4) is 0 Å². The highest BCUT2D eigenvalue weighted by Gasteiger charge is 2.23. The fourth-order valence-electron chi connectivity index (χ4n) is 7.17. The Bertz CT molecular complexity index is 2330. The molecule has 290 valence electrons. The van der Waals surface area contributed by atoms with Crippen LogP contribution in [0.2, 0.25) is 0 Å². The van der Waals surface area contributed by atoms with Crippen LogP contribution in [0.5, 0.6) is 34.5 Å².